The van der Waals surface area contributed by atoms with E-state index in [1.807, 2.05) is 31.3 Å². The summed E-state index contributed by atoms with van der Waals surface area (Å²) in [6.45, 7) is 4.38. The van der Waals surface area contributed by atoms with Crippen molar-refractivity contribution in [2.24, 2.45) is 5.92 Å². The van der Waals surface area contributed by atoms with Crippen molar-refractivity contribution in [3.05, 3.63) is 48.0 Å². The number of carbonyl (C=O) groups excluding carboxylic acids is 1. The number of carbonyl (C=O) groups is 1. The van der Waals surface area contributed by atoms with Crippen LogP contribution in [0.1, 0.15) is 30.5 Å². The monoisotopic (exact) mass is 391 g/mol. The second kappa shape index (κ2) is 7.42. The highest BCUT2D eigenvalue weighted by molar-refractivity contribution is 5.82. The lowest BCUT2D eigenvalue weighted by Gasteiger charge is -2.37. The average Bonchev–Trinajstić information content (AvgIpc) is 3.34. The third kappa shape index (κ3) is 3.43. The van der Waals surface area contributed by atoms with Crippen molar-refractivity contribution in [1.82, 2.24) is 29.7 Å². The molecular weight excluding hydrogens is 366 g/mol. The summed E-state index contributed by atoms with van der Waals surface area (Å²) in [5.41, 5.74) is 3.03. The number of pyridine rings is 1. The molecule has 150 valence electrons. The van der Waals surface area contributed by atoms with Gasteiger partial charge in [-0.2, -0.15) is 10.2 Å². The first kappa shape index (κ1) is 18.0. The van der Waals surface area contributed by atoms with Gasteiger partial charge >= 0.3 is 0 Å². The van der Waals surface area contributed by atoms with E-state index < -0.39 is 0 Å². The minimum absolute atomic E-state index is 0.127. The summed E-state index contributed by atoms with van der Waals surface area (Å²) in [5, 5.41) is 12.7. The number of hydrogen-bond acceptors (Lipinski definition) is 6. The molecule has 1 amide bonds. The standard InChI is InChI=1S/C21H25N7O/c1-15-7-8-19(25-24-15)26-10-11-27-18(13-26)12-17(21(27)29)5-2-4-16-6-3-9-28-20(16)22-14-23-28/h3,6-9,14,17-18H,2,4-5,10-13H2,1H3/t17?,18-/m0/s1. The second-order valence-electron chi connectivity index (χ2n) is 8.05. The van der Waals surface area contributed by atoms with Crippen molar-refractivity contribution in [1.29, 1.82) is 0 Å². The van der Waals surface area contributed by atoms with E-state index in [1.54, 1.807) is 10.8 Å². The number of fused-ring (bicyclic) bond motifs is 2. The maximum absolute atomic E-state index is 12.9. The molecule has 5 heterocycles. The van der Waals surface area contributed by atoms with E-state index in [-0.39, 0.29) is 12.0 Å². The SMILES string of the molecule is Cc1ccc(N2CCN3C(=O)C(CCCc4cccn5ncnc45)C[C@H]3C2)nn1. The van der Waals surface area contributed by atoms with Crippen molar-refractivity contribution < 1.29 is 4.79 Å². The van der Waals surface area contributed by atoms with Gasteiger partial charge < -0.3 is 9.80 Å². The van der Waals surface area contributed by atoms with Crippen LogP contribution in [0.4, 0.5) is 5.82 Å². The summed E-state index contributed by atoms with van der Waals surface area (Å²) < 4.78 is 1.80. The highest BCUT2D eigenvalue weighted by Gasteiger charge is 2.42. The summed E-state index contributed by atoms with van der Waals surface area (Å²) >= 11 is 0. The number of hydrogen-bond donors (Lipinski definition) is 0. The molecule has 0 N–H and O–H groups in total. The first-order valence-electron chi connectivity index (χ1n) is 10.3. The van der Waals surface area contributed by atoms with Crippen LogP contribution < -0.4 is 4.90 Å². The molecule has 2 atom stereocenters. The normalized spacial score (nSPS) is 21.8. The fourth-order valence-corrected chi connectivity index (χ4v) is 4.66. The number of nitrogens with zero attached hydrogens (tertiary/aromatic N) is 7. The Labute approximate surface area is 169 Å². The summed E-state index contributed by atoms with van der Waals surface area (Å²) in [5.74, 6) is 1.36. The lowest BCUT2D eigenvalue weighted by molar-refractivity contribution is -0.132. The van der Waals surface area contributed by atoms with Crippen LogP contribution in [0.25, 0.3) is 5.65 Å². The fourth-order valence-electron chi connectivity index (χ4n) is 4.66. The molecule has 2 saturated heterocycles. The predicted molar refractivity (Wildman–Crippen MR) is 109 cm³/mol. The van der Waals surface area contributed by atoms with E-state index >= 15 is 0 Å². The second-order valence-corrected chi connectivity index (χ2v) is 8.05. The van der Waals surface area contributed by atoms with Crippen molar-refractivity contribution in [2.45, 2.75) is 38.6 Å². The molecule has 0 saturated carbocycles. The Morgan fingerprint density at radius 2 is 2.10 bits per heavy atom. The zero-order valence-corrected chi connectivity index (χ0v) is 16.6. The van der Waals surface area contributed by atoms with E-state index in [4.69, 9.17) is 0 Å². The van der Waals surface area contributed by atoms with Crippen LogP contribution in [0.5, 0.6) is 0 Å². The summed E-state index contributed by atoms with van der Waals surface area (Å²) in [7, 11) is 0. The van der Waals surface area contributed by atoms with E-state index in [1.165, 1.54) is 5.56 Å². The number of anilines is 1. The maximum Gasteiger partial charge on any atom is 0.226 e. The number of piperazine rings is 1. The molecule has 8 heteroatoms. The van der Waals surface area contributed by atoms with E-state index in [9.17, 15) is 4.79 Å². The summed E-state index contributed by atoms with van der Waals surface area (Å²) in [4.78, 5) is 21.6. The van der Waals surface area contributed by atoms with Crippen molar-refractivity contribution in [2.75, 3.05) is 24.5 Å². The third-order valence-corrected chi connectivity index (χ3v) is 6.16. The van der Waals surface area contributed by atoms with Crippen LogP contribution in [-0.4, -0.2) is 61.3 Å². The van der Waals surface area contributed by atoms with Gasteiger partial charge in [0.1, 0.15) is 6.33 Å². The van der Waals surface area contributed by atoms with Gasteiger partial charge in [0.15, 0.2) is 11.5 Å². The van der Waals surface area contributed by atoms with Gasteiger partial charge in [-0.1, -0.05) is 6.07 Å². The van der Waals surface area contributed by atoms with Gasteiger partial charge in [-0.15, -0.1) is 5.10 Å². The van der Waals surface area contributed by atoms with Crippen molar-refractivity contribution in [3.8, 4) is 0 Å². The van der Waals surface area contributed by atoms with Gasteiger partial charge in [0.25, 0.3) is 0 Å². The minimum Gasteiger partial charge on any atom is -0.351 e. The number of rotatable bonds is 5. The maximum atomic E-state index is 12.9. The zero-order valence-electron chi connectivity index (χ0n) is 16.6. The largest absolute Gasteiger partial charge is 0.351 e. The van der Waals surface area contributed by atoms with Crippen molar-refractivity contribution in [3.63, 3.8) is 0 Å². The molecule has 29 heavy (non-hydrogen) atoms. The van der Waals surface area contributed by atoms with Crippen LogP contribution in [0.2, 0.25) is 0 Å². The Balaban J connectivity index is 1.19. The molecule has 2 aliphatic heterocycles. The lowest BCUT2D eigenvalue weighted by Crippen LogP contribution is -2.51. The van der Waals surface area contributed by atoms with Gasteiger partial charge in [0, 0.05) is 31.7 Å². The van der Waals surface area contributed by atoms with Crippen LogP contribution >= 0.6 is 0 Å². The molecule has 0 radical (unpaired) electrons. The van der Waals surface area contributed by atoms with Crippen LogP contribution in [0, 0.1) is 12.8 Å². The lowest BCUT2D eigenvalue weighted by atomic mass is 9.96. The Hall–Kier alpha value is -3.03. The molecule has 8 nitrogen and oxygen atoms in total. The summed E-state index contributed by atoms with van der Waals surface area (Å²) in [6.07, 6.45) is 7.25. The fraction of sp³-hybridized carbons (Fsp3) is 0.476. The van der Waals surface area contributed by atoms with E-state index in [0.29, 0.717) is 5.91 Å². The van der Waals surface area contributed by atoms with E-state index in [2.05, 4.69) is 36.1 Å². The molecule has 0 aliphatic carbocycles. The Morgan fingerprint density at radius 1 is 1.17 bits per heavy atom. The van der Waals surface area contributed by atoms with Gasteiger partial charge in [-0.05, 0) is 56.4 Å². The van der Waals surface area contributed by atoms with Crippen LogP contribution in [0.3, 0.4) is 0 Å². The molecule has 0 spiro atoms. The molecule has 0 aromatic carbocycles. The molecule has 3 aromatic heterocycles. The predicted octanol–water partition coefficient (Wildman–Crippen LogP) is 1.89. The smallest absolute Gasteiger partial charge is 0.226 e. The number of aromatic nitrogens is 5. The quantitative estimate of drug-likeness (QED) is 0.661. The van der Waals surface area contributed by atoms with Crippen molar-refractivity contribution >= 4 is 17.4 Å². The van der Waals surface area contributed by atoms with Crippen LogP contribution in [-0.2, 0) is 11.2 Å². The third-order valence-electron chi connectivity index (χ3n) is 6.16. The van der Waals surface area contributed by atoms with Crippen LogP contribution in [0.15, 0.2) is 36.8 Å². The molecule has 3 aromatic rings. The van der Waals surface area contributed by atoms with Gasteiger partial charge in [0.05, 0.1) is 11.7 Å². The average molecular weight is 391 g/mol. The molecule has 2 aliphatic rings. The molecule has 2 fully saturated rings. The Kier molecular flexibility index (Phi) is 4.61. The Morgan fingerprint density at radius 3 is 2.97 bits per heavy atom. The minimum atomic E-state index is 0.127. The zero-order chi connectivity index (χ0) is 19.8. The molecule has 1 unspecified atom stereocenters. The Bertz CT molecular complexity index is 1020. The van der Waals surface area contributed by atoms with Gasteiger partial charge in [0.2, 0.25) is 5.91 Å². The highest BCUT2D eigenvalue weighted by Crippen LogP contribution is 2.32. The molecule has 5 rings (SSSR count). The topological polar surface area (TPSA) is 79.5 Å². The highest BCUT2D eigenvalue weighted by atomic mass is 16.2. The summed E-state index contributed by atoms with van der Waals surface area (Å²) in [6, 6.07) is 8.40. The number of aryl methyl sites for hydroxylation is 2. The first-order chi connectivity index (χ1) is 14.2. The van der Waals surface area contributed by atoms with Gasteiger partial charge in [-0.25, -0.2) is 9.50 Å². The molecule has 0 bridgehead atoms. The number of amides is 1. The van der Waals surface area contributed by atoms with E-state index in [0.717, 1.165) is 62.5 Å². The first-order valence-corrected chi connectivity index (χ1v) is 10.3. The van der Waals surface area contributed by atoms with Gasteiger partial charge in [-0.3, -0.25) is 4.79 Å². The molecular formula is C21H25N7O.